The van der Waals surface area contributed by atoms with Crippen LogP contribution in [0.5, 0.6) is 5.75 Å². The largest absolute Gasteiger partial charge is 0.496 e. The summed E-state index contributed by atoms with van der Waals surface area (Å²) in [4.78, 5) is 0. The summed E-state index contributed by atoms with van der Waals surface area (Å²) in [5.74, 6) is 0.569. The summed E-state index contributed by atoms with van der Waals surface area (Å²) in [7, 11) is -2.01. The molecular formula is C18H18FN3O4S. The van der Waals surface area contributed by atoms with E-state index in [-0.39, 0.29) is 18.7 Å². The second-order valence-electron chi connectivity index (χ2n) is 5.73. The molecule has 0 bridgehead atoms. The maximum atomic E-state index is 12.9. The molecule has 2 aromatic carbocycles. The van der Waals surface area contributed by atoms with E-state index in [1.807, 2.05) is 12.1 Å². The fourth-order valence-electron chi connectivity index (χ4n) is 2.45. The van der Waals surface area contributed by atoms with E-state index in [4.69, 9.17) is 9.15 Å². The van der Waals surface area contributed by atoms with Crippen LogP contribution in [0.1, 0.15) is 11.5 Å². The molecule has 142 valence electrons. The summed E-state index contributed by atoms with van der Waals surface area (Å²) in [6, 6.07) is 12.6. The molecule has 7 nitrogen and oxygen atoms in total. The first kappa shape index (κ1) is 19.0. The summed E-state index contributed by atoms with van der Waals surface area (Å²) in [5.41, 5.74) is 1.16. The Bertz CT molecular complexity index is 1000. The second kappa shape index (κ2) is 8.28. The maximum Gasteiger partial charge on any atom is 0.251 e. The number of hydrogen-bond acceptors (Lipinski definition) is 6. The highest BCUT2D eigenvalue weighted by Gasteiger charge is 2.15. The number of para-hydroxylation sites is 1. The fraction of sp³-hybridized carbons (Fsp3) is 0.222. The van der Waals surface area contributed by atoms with Gasteiger partial charge in [0.2, 0.25) is 15.9 Å². The Labute approximate surface area is 156 Å². The zero-order valence-corrected chi connectivity index (χ0v) is 15.4. The second-order valence-corrected chi connectivity index (χ2v) is 7.54. The van der Waals surface area contributed by atoms with E-state index in [1.54, 1.807) is 19.2 Å². The van der Waals surface area contributed by atoms with Gasteiger partial charge in [0, 0.05) is 13.0 Å². The van der Waals surface area contributed by atoms with Crippen molar-refractivity contribution in [3.05, 3.63) is 65.8 Å². The minimum absolute atomic E-state index is 0.108. The minimum atomic E-state index is -3.56. The smallest absolute Gasteiger partial charge is 0.251 e. The Kier molecular flexibility index (Phi) is 5.82. The van der Waals surface area contributed by atoms with E-state index in [1.165, 1.54) is 24.3 Å². The molecule has 0 fully saturated rings. The summed E-state index contributed by atoms with van der Waals surface area (Å²) in [5, 5.41) is 7.91. The van der Waals surface area contributed by atoms with Crippen molar-refractivity contribution in [2.75, 3.05) is 13.7 Å². The molecule has 9 heteroatoms. The van der Waals surface area contributed by atoms with Gasteiger partial charge in [-0.05, 0) is 29.8 Å². The third-order valence-electron chi connectivity index (χ3n) is 3.74. The molecule has 0 aliphatic carbocycles. The van der Waals surface area contributed by atoms with Gasteiger partial charge >= 0.3 is 0 Å². The number of nitrogens with one attached hydrogen (secondary N) is 1. The SMILES string of the molecule is COc1ccccc1-c1nnc(CCNS(=O)(=O)Cc2ccc(F)cc2)o1. The molecule has 0 spiro atoms. The van der Waals surface area contributed by atoms with Gasteiger partial charge in [-0.25, -0.2) is 17.5 Å². The van der Waals surface area contributed by atoms with Gasteiger partial charge in [0.25, 0.3) is 5.89 Å². The Morgan fingerprint density at radius 1 is 1.11 bits per heavy atom. The Hall–Kier alpha value is -2.78. The normalized spacial score (nSPS) is 11.5. The van der Waals surface area contributed by atoms with Crippen LogP contribution in [0.4, 0.5) is 4.39 Å². The number of sulfonamides is 1. The Balaban J connectivity index is 1.58. The zero-order valence-electron chi connectivity index (χ0n) is 14.6. The lowest BCUT2D eigenvalue weighted by molar-refractivity contribution is 0.413. The number of rotatable bonds is 8. The lowest BCUT2D eigenvalue weighted by atomic mass is 10.2. The first-order valence-corrected chi connectivity index (χ1v) is 9.79. The lowest BCUT2D eigenvalue weighted by Gasteiger charge is -2.05. The van der Waals surface area contributed by atoms with Crippen molar-refractivity contribution in [2.24, 2.45) is 0 Å². The van der Waals surface area contributed by atoms with Crippen molar-refractivity contribution in [1.29, 1.82) is 0 Å². The standard InChI is InChI=1S/C18H18FN3O4S/c1-25-16-5-3-2-4-15(16)18-22-21-17(26-18)10-11-20-27(23,24)12-13-6-8-14(19)9-7-13/h2-9,20H,10-12H2,1H3. The summed E-state index contributed by atoms with van der Waals surface area (Å²) >= 11 is 0. The number of nitrogens with zero attached hydrogens (tertiary/aromatic N) is 2. The van der Waals surface area contributed by atoms with Gasteiger partial charge < -0.3 is 9.15 Å². The predicted molar refractivity (Wildman–Crippen MR) is 97.0 cm³/mol. The number of halogens is 1. The molecule has 3 aromatic rings. The van der Waals surface area contributed by atoms with Gasteiger partial charge in [-0.2, -0.15) is 0 Å². The molecular weight excluding hydrogens is 373 g/mol. The summed E-state index contributed by atoms with van der Waals surface area (Å²) < 4.78 is 50.4. The number of aromatic nitrogens is 2. The zero-order chi connectivity index (χ0) is 19.3. The average molecular weight is 391 g/mol. The summed E-state index contributed by atoms with van der Waals surface area (Å²) in [6.45, 7) is 0.108. The third kappa shape index (κ3) is 5.11. The molecule has 0 saturated carbocycles. The molecule has 0 amide bonds. The molecule has 1 N–H and O–H groups in total. The van der Waals surface area contributed by atoms with E-state index in [9.17, 15) is 12.8 Å². The van der Waals surface area contributed by atoms with E-state index in [0.29, 0.717) is 28.7 Å². The maximum absolute atomic E-state index is 12.9. The van der Waals surface area contributed by atoms with Crippen LogP contribution in [0.15, 0.2) is 52.9 Å². The minimum Gasteiger partial charge on any atom is -0.496 e. The van der Waals surface area contributed by atoms with E-state index in [0.717, 1.165) is 0 Å². The Morgan fingerprint density at radius 2 is 1.85 bits per heavy atom. The van der Waals surface area contributed by atoms with Gasteiger partial charge in [-0.15, -0.1) is 10.2 Å². The van der Waals surface area contributed by atoms with Gasteiger partial charge in [-0.3, -0.25) is 0 Å². The van der Waals surface area contributed by atoms with Crippen molar-refractivity contribution in [2.45, 2.75) is 12.2 Å². The van der Waals surface area contributed by atoms with Gasteiger partial charge in [0.1, 0.15) is 11.6 Å². The predicted octanol–water partition coefficient (Wildman–Crippen LogP) is 2.55. The van der Waals surface area contributed by atoms with Crippen molar-refractivity contribution in [3.63, 3.8) is 0 Å². The van der Waals surface area contributed by atoms with Crippen LogP contribution >= 0.6 is 0 Å². The quantitative estimate of drug-likeness (QED) is 0.634. The molecule has 0 atom stereocenters. The van der Waals surface area contributed by atoms with E-state index >= 15 is 0 Å². The van der Waals surface area contributed by atoms with Crippen molar-refractivity contribution >= 4 is 10.0 Å². The van der Waals surface area contributed by atoms with E-state index < -0.39 is 15.8 Å². The van der Waals surface area contributed by atoms with Crippen LogP contribution in [0, 0.1) is 5.82 Å². The molecule has 0 aliphatic rings. The van der Waals surface area contributed by atoms with Crippen LogP contribution in [0.25, 0.3) is 11.5 Å². The van der Waals surface area contributed by atoms with Gasteiger partial charge in [-0.1, -0.05) is 24.3 Å². The summed E-state index contributed by atoms with van der Waals surface area (Å²) in [6.07, 6.45) is 0.241. The number of ether oxygens (including phenoxy) is 1. The van der Waals surface area contributed by atoms with Crippen LogP contribution in [-0.2, 0) is 22.2 Å². The average Bonchev–Trinajstić information content (AvgIpc) is 3.12. The van der Waals surface area contributed by atoms with Crippen molar-refractivity contribution in [1.82, 2.24) is 14.9 Å². The van der Waals surface area contributed by atoms with Crippen LogP contribution in [-0.4, -0.2) is 32.3 Å². The molecule has 0 unspecified atom stereocenters. The van der Waals surface area contributed by atoms with Crippen LogP contribution in [0.2, 0.25) is 0 Å². The molecule has 0 aliphatic heterocycles. The topological polar surface area (TPSA) is 94.3 Å². The van der Waals surface area contributed by atoms with Gasteiger partial charge in [0.05, 0.1) is 18.4 Å². The van der Waals surface area contributed by atoms with Gasteiger partial charge in [0.15, 0.2) is 0 Å². The lowest BCUT2D eigenvalue weighted by Crippen LogP contribution is -2.27. The number of benzene rings is 2. The first-order chi connectivity index (χ1) is 13.0. The highest BCUT2D eigenvalue weighted by Crippen LogP contribution is 2.28. The van der Waals surface area contributed by atoms with Crippen LogP contribution < -0.4 is 9.46 Å². The highest BCUT2D eigenvalue weighted by atomic mass is 32.2. The van der Waals surface area contributed by atoms with Crippen LogP contribution in [0.3, 0.4) is 0 Å². The van der Waals surface area contributed by atoms with Crippen molar-refractivity contribution < 1.29 is 22.0 Å². The van der Waals surface area contributed by atoms with E-state index in [2.05, 4.69) is 14.9 Å². The molecule has 27 heavy (non-hydrogen) atoms. The molecule has 1 heterocycles. The van der Waals surface area contributed by atoms with Crippen molar-refractivity contribution in [3.8, 4) is 17.2 Å². The number of methoxy groups -OCH3 is 1. The highest BCUT2D eigenvalue weighted by molar-refractivity contribution is 7.88. The molecule has 1 aromatic heterocycles. The Morgan fingerprint density at radius 3 is 2.59 bits per heavy atom. The first-order valence-electron chi connectivity index (χ1n) is 8.14. The molecule has 3 rings (SSSR count). The molecule has 0 saturated heterocycles. The molecule has 0 radical (unpaired) electrons. The fourth-order valence-corrected chi connectivity index (χ4v) is 3.60. The third-order valence-corrected chi connectivity index (χ3v) is 5.09. The number of hydrogen-bond donors (Lipinski definition) is 1. The monoisotopic (exact) mass is 391 g/mol.